The lowest BCUT2D eigenvalue weighted by Crippen LogP contribution is -2.54. The summed E-state index contributed by atoms with van der Waals surface area (Å²) >= 11 is 1.70. The lowest BCUT2D eigenvalue weighted by molar-refractivity contribution is 0.183. The van der Waals surface area contributed by atoms with Gasteiger partial charge in [-0.25, -0.2) is 4.39 Å². The van der Waals surface area contributed by atoms with E-state index < -0.39 is 10.2 Å². The molecule has 8 heteroatoms. The number of hydrogen-bond donors (Lipinski definition) is 0. The summed E-state index contributed by atoms with van der Waals surface area (Å²) in [6.45, 7) is 3.55. The Morgan fingerprint density at radius 1 is 1.07 bits per heavy atom. The van der Waals surface area contributed by atoms with E-state index in [1.807, 2.05) is 0 Å². The third kappa shape index (κ3) is 5.67. The maximum Gasteiger partial charge on any atom is 0.282 e. The van der Waals surface area contributed by atoms with E-state index in [0.29, 0.717) is 13.1 Å². The quantitative estimate of drug-likeness (QED) is 0.642. The molecule has 0 atom stereocenters. The molecular formula is C19H30FN3O2S2. The van der Waals surface area contributed by atoms with Crippen LogP contribution in [-0.2, 0) is 10.2 Å². The van der Waals surface area contributed by atoms with Crippen molar-refractivity contribution in [3.63, 3.8) is 0 Å². The number of benzene rings is 1. The van der Waals surface area contributed by atoms with E-state index in [1.165, 1.54) is 18.6 Å². The Kier molecular flexibility index (Phi) is 7.56. The Balaban J connectivity index is 1.43. The summed E-state index contributed by atoms with van der Waals surface area (Å²) in [6.07, 6.45) is 5.44. The number of halogens is 1. The van der Waals surface area contributed by atoms with Crippen molar-refractivity contribution in [1.29, 1.82) is 0 Å². The van der Waals surface area contributed by atoms with E-state index in [1.54, 1.807) is 39.6 Å². The summed E-state index contributed by atoms with van der Waals surface area (Å²) in [5.41, 5.74) is 0. The van der Waals surface area contributed by atoms with E-state index in [9.17, 15) is 12.8 Å². The van der Waals surface area contributed by atoms with Gasteiger partial charge in [0.15, 0.2) is 0 Å². The first-order chi connectivity index (χ1) is 13.0. The van der Waals surface area contributed by atoms with Crippen LogP contribution in [0.5, 0.6) is 0 Å². The van der Waals surface area contributed by atoms with Crippen LogP contribution < -0.4 is 0 Å². The summed E-state index contributed by atoms with van der Waals surface area (Å²) < 4.78 is 42.0. The van der Waals surface area contributed by atoms with Crippen LogP contribution >= 0.6 is 11.8 Å². The predicted molar refractivity (Wildman–Crippen MR) is 109 cm³/mol. The Labute approximate surface area is 167 Å². The van der Waals surface area contributed by atoms with Crippen LogP contribution in [0, 0.1) is 5.82 Å². The Morgan fingerprint density at radius 2 is 1.70 bits per heavy atom. The number of piperazine rings is 1. The Morgan fingerprint density at radius 3 is 2.33 bits per heavy atom. The van der Waals surface area contributed by atoms with Crippen molar-refractivity contribution in [2.45, 2.75) is 43.0 Å². The lowest BCUT2D eigenvalue weighted by Gasteiger charge is -2.38. The monoisotopic (exact) mass is 415 g/mol. The second-order valence-electron chi connectivity index (χ2n) is 7.36. The van der Waals surface area contributed by atoms with Crippen LogP contribution in [0.3, 0.4) is 0 Å². The molecule has 1 aliphatic heterocycles. The summed E-state index contributed by atoms with van der Waals surface area (Å²) in [7, 11) is -1.61. The highest BCUT2D eigenvalue weighted by Gasteiger charge is 2.34. The maximum absolute atomic E-state index is 12.9. The standard InChI is InChI=1S/C19H30FN3O2S2/c1-21(18-5-3-2-4-6-18)27(24,25)23-13-11-22(12-14-23)15-16-26-19-9-7-17(20)8-10-19/h7-10,18H,2-6,11-16H2,1H3. The zero-order chi connectivity index (χ0) is 19.3. The number of hydrogen-bond acceptors (Lipinski definition) is 4. The second kappa shape index (κ2) is 9.69. The molecule has 0 radical (unpaired) electrons. The molecule has 0 unspecified atom stereocenters. The molecule has 1 aromatic rings. The zero-order valence-corrected chi connectivity index (χ0v) is 17.7. The molecule has 1 saturated carbocycles. The van der Waals surface area contributed by atoms with E-state index in [2.05, 4.69) is 4.90 Å². The molecule has 0 N–H and O–H groups in total. The Bertz CT molecular complexity index is 685. The van der Waals surface area contributed by atoms with Gasteiger partial charge in [-0.05, 0) is 37.1 Å². The molecule has 2 fully saturated rings. The molecule has 0 spiro atoms. The maximum atomic E-state index is 12.9. The zero-order valence-electron chi connectivity index (χ0n) is 16.0. The van der Waals surface area contributed by atoms with E-state index in [-0.39, 0.29) is 11.9 Å². The molecule has 1 saturated heterocycles. The number of nitrogens with zero attached hydrogens (tertiary/aromatic N) is 3. The summed E-state index contributed by atoms with van der Waals surface area (Å²) in [5.74, 6) is 0.704. The van der Waals surface area contributed by atoms with Crippen molar-refractivity contribution in [2.75, 3.05) is 45.5 Å². The van der Waals surface area contributed by atoms with Gasteiger partial charge in [0.05, 0.1) is 0 Å². The normalized spacial score (nSPS) is 21.0. The lowest BCUT2D eigenvalue weighted by atomic mass is 9.96. The molecule has 0 amide bonds. The highest BCUT2D eigenvalue weighted by Crippen LogP contribution is 2.25. The first-order valence-corrected chi connectivity index (χ1v) is 12.2. The third-order valence-corrected chi connectivity index (χ3v) is 8.64. The molecule has 1 aliphatic carbocycles. The van der Waals surface area contributed by atoms with E-state index >= 15 is 0 Å². The smallest absolute Gasteiger partial charge is 0.282 e. The first kappa shape index (κ1) is 21.0. The van der Waals surface area contributed by atoms with Crippen molar-refractivity contribution in [3.8, 4) is 0 Å². The fourth-order valence-electron chi connectivity index (χ4n) is 3.82. The molecule has 0 bridgehead atoms. The van der Waals surface area contributed by atoms with Gasteiger partial charge in [0.1, 0.15) is 5.82 Å². The molecule has 152 valence electrons. The average molecular weight is 416 g/mol. The third-order valence-electron chi connectivity index (χ3n) is 5.60. The fraction of sp³-hybridized carbons (Fsp3) is 0.684. The predicted octanol–water partition coefficient (Wildman–Crippen LogP) is 3.04. The van der Waals surface area contributed by atoms with Gasteiger partial charge in [-0.15, -0.1) is 11.8 Å². The van der Waals surface area contributed by atoms with Gasteiger partial charge in [-0.1, -0.05) is 19.3 Å². The second-order valence-corrected chi connectivity index (χ2v) is 10.5. The molecule has 1 heterocycles. The Hall–Kier alpha value is -0.670. The van der Waals surface area contributed by atoms with Gasteiger partial charge in [-0.2, -0.15) is 17.0 Å². The van der Waals surface area contributed by atoms with Crippen LogP contribution in [-0.4, -0.2) is 73.5 Å². The summed E-state index contributed by atoms with van der Waals surface area (Å²) in [6, 6.07) is 6.72. The highest BCUT2D eigenvalue weighted by atomic mass is 32.2. The molecular weight excluding hydrogens is 385 g/mol. The van der Waals surface area contributed by atoms with E-state index in [0.717, 1.165) is 56.0 Å². The van der Waals surface area contributed by atoms with Crippen molar-refractivity contribution in [3.05, 3.63) is 30.1 Å². The van der Waals surface area contributed by atoms with Gasteiger partial charge in [-0.3, -0.25) is 4.90 Å². The topological polar surface area (TPSA) is 43.9 Å². The minimum Gasteiger partial charge on any atom is -0.300 e. The molecule has 1 aromatic carbocycles. The summed E-state index contributed by atoms with van der Waals surface area (Å²) in [4.78, 5) is 3.37. The van der Waals surface area contributed by atoms with E-state index in [4.69, 9.17) is 0 Å². The number of thioether (sulfide) groups is 1. The number of rotatable bonds is 7. The molecule has 2 aliphatic rings. The van der Waals surface area contributed by atoms with Crippen LogP contribution in [0.15, 0.2) is 29.2 Å². The SMILES string of the molecule is CN(C1CCCCC1)S(=O)(=O)N1CCN(CCSc2ccc(F)cc2)CC1. The van der Waals surface area contributed by atoms with Crippen molar-refractivity contribution in [2.24, 2.45) is 0 Å². The fourth-order valence-corrected chi connectivity index (χ4v) is 6.31. The van der Waals surface area contributed by atoms with Gasteiger partial charge in [0.25, 0.3) is 10.2 Å². The average Bonchev–Trinajstić information content (AvgIpc) is 2.70. The molecule has 3 rings (SSSR count). The van der Waals surface area contributed by atoms with Crippen molar-refractivity contribution in [1.82, 2.24) is 13.5 Å². The highest BCUT2D eigenvalue weighted by molar-refractivity contribution is 7.99. The van der Waals surface area contributed by atoms with Crippen LogP contribution in [0.4, 0.5) is 4.39 Å². The van der Waals surface area contributed by atoms with Crippen LogP contribution in [0.2, 0.25) is 0 Å². The molecule has 27 heavy (non-hydrogen) atoms. The van der Waals surface area contributed by atoms with Crippen molar-refractivity contribution >= 4 is 22.0 Å². The molecule has 0 aromatic heterocycles. The van der Waals surface area contributed by atoms with Gasteiger partial charge in [0.2, 0.25) is 0 Å². The first-order valence-electron chi connectivity index (χ1n) is 9.80. The van der Waals surface area contributed by atoms with Crippen LogP contribution in [0.25, 0.3) is 0 Å². The van der Waals surface area contributed by atoms with Gasteiger partial charge >= 0.3 is 0 Å². The van der Waals surface area contributed by atoms with Crippen LogP contribution in [0.1, 0.15) is 32.1 Å². The van der Waals surface area contributed by atoms with Gasteiger partial charge < -0.3 is 0 Å². The minimum absolute atomic E-state index is 0.161. The van der Waals surface area contributed by atoms with Gasteiger partial charge in [0, 0.05) is 56.5 Å². The van der Waals surface area contributed by atoms with Crippen molar-refractivity contribution < 1.29 is 12.8 Å². The summed E-state index contributed by atoms with van der Waals surface area (Å²) in [5, 5.41) is 0. The molecule has 5 nitrogen and oxygen atoms in total. The largest absolute Gasteiger partial charge is 0.300 e. The minimum atomic E-state index is -3.35.